The van der Waals surface area contributed by atoms with E-state index >= 15 is 0 Å². The number of hydrogen-bond acceptors (Lipinski definition) is 1. The molecule has 2 heteroatoms. The topological polar surface area (TPSA) is 25.2 Å². The second-order valence-electron chi connectivity index (χ2n) is 4.38. The van der Waals surface area contributed by atoms with Crippen LogP contribution >= 0.6 is 0 Å². The molecule has 0 saturated carbocycles. The Morgan fingerprint density at radius 3 is 2.67 bits per heavy atom. The van der Waals surface area contributed by atoms with Crippen molar-refractivity contribution in [1.29, 1.82) is 0 Å². The predicted molar refractivity (Wildman–Crippen MR) is 62.7 cm³/mol. The Bertz CT molecular complexity index is 457. The van der Waals surface area contributed by atoms with Crippen molar-refractivity contribution in [2.24, 2.45) is 5.92 Å². The van der Waals surface area contributed by atoms with Crippen molar-refractivity contribution in [1.82, 2.24) is 4.57 Å². The van der Waals surface area contributed by atoms with Crippen molar-refractivity contribution in [3.05, 3.63) is 36.0 Å². The van der Waals surface area contributed by atoms with E-state index in [4.69, 9.17) is 0 Å². The highest BCUT2D eigenvalue weighted by Crippen LogP contribution is 2.22. The second-order valence-corrected chi connectivity index (χ2v) is 4.38. The molecule has 0 radical (unpaired) electrons. The van der Waals surface area contributed by atoms with Crippen LogP contribution in [0, 0.1) is 5.92 Å². The summed E-state index contributed by atoms with van der Waals surface area (Å²) in [5, 5.41) is 10.4. The molecule has 0 fully saturated rings. The van der Waals surface area contributed by atoms with Gasteiger partial charge in [-0.3, -0.25) is 0 Å². The van der Waals surface area contributed by atoms with E-state index in [1.165, 1.54) is 10.9 Å². The summed E-state index contributed by atoms with van der Waals surface area (Å²) >= 11 is 0. The highest BCUT2D eigenvalue weighted by Gasteiger charge is 2.07. The van der Waals surface area contributed by atoms with E-state index in [9.17, 15) is 5.11 Å². The number of aliphatic hydroxyl groups is 1. The fourth-order valence-corrected chi connectivity index (χ4v) is 1.99. The molecule has 1 N–H and O–H groups in total. The summed E-state index contributed by atoms with van der Waals surface area (Å²) in [5.41, 5.74) is 2.24. The largest absolute Gasteiger partial charge is 0.392 e. The standard InChI is InChI=1S/C13H17NO/c1-10(2)7-14-8-11(9-15)12-5-3-4-6-13(12)14/h3-6,8,10,15H,7,9H2,1-2H3. The Kier molecular flexibility index (Phi) is 2.78. The Hall–Kier alpha value is -1.28. The lowest BCUT2D eigenvalue weighted by atomic mass is 10.2. The first-order valence-electron chi connectivity index (χ1n) is 5.40. The first-order chi connectivity index (χ1) is 7.22. The monoisotopic (exact) mass is 203 g/mol. The van der Waals surface area contributed by atoms with Crippen LogP contribution in [0.3, 0.4) is 0 Å². The van der Waals surface area contributed by atoms with Crippen molar-refractivity contribution in [2.75, 3.05) is 0 Å². The van der Waals surface area contributed by atoms with E-state index in [0.29, 0.717) is 5.92 Å². The quantitative estimate of drug-likeness (QED) is 0.815. The zero-order valence-corrected chi connectivity index (χ0v) is 9.27. The zero-order valence-electron chi connectivity index (χ0n) is 9.27. The van der Waals surface area contributed by atoms with E-state index in [2.05, 4.69) is 36.7 Å². The van der Waals surface area contributed by atoms with Crippen LogP contribution in [0.4, 0.5) is 0 Å². The smallest absolute Gasteiger partial charge is 0.0702 e. The Morgan fingerprint density at radius 2 is 2.00 bits per heavy atom. The zero-order chi connectivity index (χ0) is 10.8. The van der Waals surface area contributed by atoms with Gasteiger partial charge in [0.05, 0.1) is 6.61 Å². The van der Waals surface area contributed by atoms with Gasteiger partial charge < -0.3 is 9.67 Å². The summed E-state index contributed by atoms with van der Waals surface area (Å²) in [6.07, 6.45) is 2.06. The molecule has 0 amide bonds. The third-order valence-electron chi connectivity index (χ3n) is 2.60. The van der Waals surface area contributed by atoms with Crippen LogP contribution in [0.5, 0.6) is 0 Å². The minimum atomic E-state index is 0.117. The molecule has 2 nitrogen and oxygen atoms in total. The summed E-state index contributed by atoms with van der Waals surface area (Å²) < 4.78 is 2.23. The molecule has 2 rings (SSSR count). The Labute approximate surface area is 90.2 Å². The summed E-state index contributed by atoms with van der Waals surface area (Å²) in [5.74, 6) is 0.618. The number of rotatable bonds is 3. The summed E-state index contributed by atoms with van der Waals surface area (Å²) in [4.78, 5) is 0. The molecule has 80 valence electrons. The van der Waals surface area contributed by atoms with E-state index in [1.807, 2.05) is 12.1 Å². The van der Waals surface area contributed by atoms with Gasteiger partial charge in [0.2, 0.25) is 0 Å². The number of aliphatic hydroxyl groups excluding tert-OH is 1. The molecule has 0 aliphatic heterocycles. The molecule has 0 aliphatic rings. The molecule has 0 unspecified atom stereocenters. The normalized spacial score (nSPS) is 11.5. The van der Waals surface area contributed by atoms with E-state index in [1.54, 1.807) is 0 Å². The lowest BCUT2D eigenvalue weighted by Gasteiger charge is -2.07. The molecule has 0 saturated heterocycles. The van der Waals surface area contributed by atoms with Crippen LogP contribution in [-0.2, 0) is 13.2 Å². The van der Waals surface area contributed by atoms with Crippen molar-refractivity contribution >= 4 is 10.9 Å². The third-order valence-corrected chi connectivity index (χ3v) is 2.60. The molecule has 15 heavy (non-hydrogen) atoms. The maximum Gasteiger partial charge on any atom is 0.0702 e. The molecular formula is C13H17NO. The van der Waals surface area contributed by atoms with Crippen molar-refractivity contribution < 1.29 is 5.11 Å². The molecular weight excluding hydrogens is 186 g/mol. The lowest BCUT2D eigenvalue weighted by Crippen LogP contribution is -2.02. The minimum Gasteiger partial charge on any atom is -0.392 e. The van der Waals surface area contributed by atoms with Crippen LogP contribution in [0.25, 0.3) is 10.9 Å². The van der Waals surface area contributed by atoms with Gasteiger partial charge in [-0.15, -0.1) is 0 Å². The van der Waals surface area contributed by atoms with Gasteiger partial charge in [0, 0.05) is 29.2 Å². The maximum atomic E-state index is 9.27. The fourth-order valence-electron chi connectivity index (χ4n) is 1.99. The number of nitrogens with zero attached hydrogens (tertiary/aromatic N) is 1. The Balaban J connectivity index is 2.55. The lowest BCUT2D eigenvalue weighted by molar-refractivity contribution is 0.283. The second kappa shape index (κ2) is 4.07. The van der Waals surface area contributed by atoms with Gasteiger partial charge in [0.1, 0.15) is 0 Å². The average molecular weight is 203 g/mol. The van der Waals surface area contributed by atoms with E-state index < -0.39 is 0 Å². The van der Waals surface area contributed by atoms with Gasteiger partial charge in [0.25, 0.3) is 0 Å². The molecule has 1 heterocycles. The van der Waals surface area contributed by atoms with Crippen molar-refractivity contribution in [2.45, 2.75) is 27.0 Å². The molecule has 0 spiro atoms. The van der Waals surface area contributed by atoms with Crippen LogP contribution in [0.1, 0.15) is 19.4 Å². The van der Waals surface area contributed by atoms with Gasteiger partial charge in [0.15, 0.2) is 0 Å². The Morgan fingerprint density at radius 1 is 1.27 bits per heavy atom. The fraction of sp³-hybridized carbons (Fsp3) is 0.385. The molecule has 1 aromatic heterocycles. The van der Waals surface area contributed by atoms with E-state index in [0.717, 1.165) is 12.1 Å². The summed E-state index contributed by atoms with van der Waals surface area (Å²) in [6, 6.07) is 8.23. The maximum absolute atomic E-state index is 9.27. The number of hydrogen-bond donors (Lipinski definition) is 1. The molecule has 0 atom stereocenters. The first kappa shape index (κ1) is 10.2. The van der Waals surface area contributed by atoms with E-state index in [-0.39, 0.29) is 6.61 Å². The first-order valence-corrected chi connectivity index (χ1v) is 5.40. The number of para-hydroxylation sites is 1. The molecule has 2 aromatic rings. The predicted octanol–water partition coefficient (Wildman–Crippen LogP) is 2.79. The molecule has 0 aliphatic carbocycles. The minimum absolute atomic E-state index is 0.117. The van der Waals surface area contributed by atoms with Crippen LogP contribution in [0.2, 0.25) is 0 Å². The van der Waals surface area contributed by atoms with Gasteiger partial charge in [-0.05, 0) is 12.0 Å². The van der Waals surface area contributed by atoms with Crippen LogP contribution in [-0.4, -0.2) is 9.67 Å². The molecule has 0 bridgehead atoms. The summed E-state index contributed by atoms with van der Waals surface area (Å²) in [7, 11) is 0. The number of benzene rings is 1. The highest BCUT2D eigenvalue weighted by molar-refractivity contribution is 5.83. The van der Waals surface area contributed by atoms with Gasteiger partial charge >= 0.3 is 0 Å². The summed E-state index contributed by atoms with van der Waals surface area (Å²) in [6.45, 7) is 5.52. The third kappa shape index (κ3) is 1.90. The number of aromatic nitrogens is 1. The van der Waals surface area contributed by atoms with Gasteiger partial charge in [-0.1, -0.05) is 32.0 Å². The van der Waals surface area contributed by atoms with Crippen LogP contribution < -0.4 is 0 Å². The van der Waals surface area contributed by atoms with Crippen molar-refractivity contribution in [3.8, 4) is 0 Å². The average Bonchev–Trinajstić information content (AvgIpc) is 2.56. The van der Waals surface area contributed by atoms with Crippen LogP contribution in [0.15, 0.2) is 30.5 Å². The molecule has 1 aromatic carbocycles. The van der Waals surface area contributed by atoms with Gasteiger partial charge in [-0.2, -0.15) is 0 Å². The SMILES string of the molecule is CC(C)Cn1cc(CO)c2ccccc21. The van der Waals surface area contributed by atoms with Gasteiger partial charge in [-0.25, -0.2) is 0 Å². The highest BCUT2D eigenvalue weighted by atomic mass is 16.3. The number of fused-ring (bicyclic) bond motifs is 1. The van der Waals surface area contributed by atoms with Crippen molar-refractivity contribution in [3.63, 3.8) is 0 Å².